The van der Waals surface area contributed by atoms with Crippen LogP contribution in [0.1, 0.15) is 44.2 Å². The number of fused-ring (bicyclic) bond motifs is 1. The van der Waals surface area contributed by atoms with Gasteiger partial charge in [-0.3, -0.25) is 0 Å². The van der Waals surface area contributed by atoms with Crippen molar-refractivity contribution in [2.45, 2.75) is 38.5 Å². The summed E-state index contributed by atoms with van der Waals surface area (Å²) in [7, 11) is 0. The second kappa shape index (κ2) is 9.20. The Labute approximate surface area is 214 Å². The zero-order valence-corrected chi connectivity index (χ0v) is 21.0. The summed E-state index contributed by atoms with van der Waals surface area (Å²) in [6.45, 7) is 4.75. The lowest BCUT2D eigenvalue weighted by molar-refractivity contribution is 0.571. The van der Waals surface area contributed by atoms with Gasteiger partial charge in [-0.15, -0.1) is 0 Å². The van der Waals surface area contributed by atoms with Crippen molar-refractivity contribution in [2.75, 3.05) is 10.2 Å². The predicted molar refractivity (Wildman–Crippen MR) is 154 cm³/mol. The predicted octanol–water partition coefficient (Wildman–Crippen LogP) is 9.36. The molecule has 3 aliphatic rings. The van der Waals surface area contributed by atoms with E-state index in [1.165, 1.54) is 39.3 Å². The molecule has 3 aromatic rings. The Hall–Kier alpha value is -4.04. The maximum atomic E-state index is 3.72. The minimum Gasteiger partial charge on any atom is -0.355 e. The molecular weight excluding hydrogens is 436 g/mol. The van der Waals surface area contributed by atoms with Gasteiger partial charge in [-0.1, -0.05) is 92.8 Å². The minimum absolute atomic E-state index is 0.0242. The SMILES string of the molecule is CC1(C)C2=C(C=CCC2)N(c2cccc(Nc3ccccc3C3=CC=CCC=C3)c2)c2ccccc21. The molecule has 0 bridgehead atoms. The highest BCUT2D eigenvalue weighted by Crippen LogP contribution is 2.51. The quantitative estimate of drug-likeness (QED) is 0.410. The molecule has 0 saturated carbocycles. The van der Waals surface area contributed by atoms with Crippen molar-refractivity contribution in [1.82, 2.24) is 0 Å². The molecule has 1 heterocycles. The molecule has 178 valence electrons. The molecule has 0 saturated heterocycles. The van der Waals surface area contributed by atoms with Crippen LogP contribution in [-0.4, -0.2) is 0 Å². The molecule has 0 atom stereocenters. The van der Waals surface area contributed by atoms with Gasteiger partial charge in [0.1, 0.15) is 0 Å². The van der Waals surface area contributed by atoms with E-state index in [0.29, 0.717) is 0 Å². The molecule has 36 heavy (non-hydrogen) atoms. The molecule has 6 rings (SSSR count). The Morgan fingerprint density at radius 2 is 1.69 bits per heavy atom. The van der Waals surface area contributed by atoms with Gasteiger partial charge in [0.05, 0.1) is 5.69 Å². The van der Waals surface area contributed by atoms with Crippen LogP contribution in [0.25, 0.3) is 5.57 Å². The molecule has 0 fully saturated rings. The van der Waals surface area contributed by atoms with Crippen LogP contribution >= 0.6 is 0 Å². The number of nitrogens with zero attached hydrogens (tertiary/aromatic N) is 1. The van der Waals surface area contributed by atoms with Crippen LogP contribution in [0, 0.1) is 0 Å². The zero-order valence-electron chi connectivity index (χ0n) is 21.0. The maximum absolute atomic E-state index is 3.72. The average molecular weight is 469 g/mol. The fourth-order valence-electron chi connectivity index (χ4n) is 5.74. The summed E-state index contributed by atoms with van der Waals surface area (Å²) in [6, 6.07) is 26.2. The highest BCUT2D eigenvalue weighted by Gasteiger charge is 2.38. The molecule has 2 heteroatoms. The molecule has 0 unspecified atom stereocenters. The summed E-state index contributed by atoms with van der Waals surface area (Å²) >= 11 is 0. The number of hydrogen-bond acceptors (Lipinski definition) is 2. The topological polar surface area (TPSA) is 15.3 Å². The number of hydrogen-bond donors (Lipinski definition) is 1. The Kier molecular flexibility index (Phi) is 5.73. The Morgan fingerprint density at radius 3 is 2.64 bits per heavy atom. The number of benzene rings is 3. The molecular formula is C34H32N2. The summed E-state index contributed by atoms with van der Waals surface area (Å²) < 4.78 is 0. The lowest BCUT2D eigenvalue weighted by atomic mass is 9.70. The van der Waals surface area contributed by atoms with Crippen LogP contribution in [0.3, 0.4) is 0 Å². The molecule has 0 spiro atoms. The summed E-state index contributed by atoms with van der Waals surface area (Å²) in [4.78, 5) is 2.45. The van der Waals surface area contributed by atoms with E-state index in [0.717, 1.165) is 30.6 Å². The first-order valence-electron chi connectivity index (χ1n) is 12.9. The van der Waals surface area contributed by atoms with E-state index < -0.39 is 0 Å². The molecule has 1 aliphatic heterocycles. The third kappa shape index (κ3) is 3.93. The van der Waals surface area contributed by atoms with Gasteiger partial charge in [-0.05, 0) is 72.4 Å². The van der Waals surface area contributed by atoms with Gasteiger partial charge in [0, 0.05) is 33.7 Å². The van der Waals surface area contributed by atoms with E-state index in [-0.39, 0.29) is 5.41 Å². The molecule has 2 nitrogen and oxygen atoms in total. The molecule has 0 aromatic heterocycles. The summed E-state index contributed by atoms with van der Waals surface area (Å²) in [5.74, 6) is 0. The number of anilines is 4. The van der Waals surface area contributed by atoms with Gasteiger partial charge in [-0.2, -0.15) is 0 Å². The Morgan fingerprint density at radius 1 is 0.833 bits per heavy atom. The fourth-order valence-corrected chi connectivity index (χ4v) is 5.74. The highest BCUT2D eigenvalue weighted by atomic mass is 15.2. The third-order valence-electron chi connectivity index (χ3n) is 7.56. The van der Waals surface area contributed by atoms with Crippen LogP contribution in [0.2, 0.25) is 0 Å². The van der Waals surface area contributed by atoms with Crippen molar-refractivity contribution in [2.24, 2.45) is 0 Å². The molecule has 2 aliphatic carbocycles. The van der Waals surface area contributed by atoms with Crippen LogP contribution in [0.4, 0.5) is 22.7 Å². The van der Waals surface area contributed by atoms with Crippen LogP contribution in [0.15, 0.2) is 127 Å². The zero-order chi connectivity index (χ0) is 24.5. The van der Waals surface area contributed by atoms with Crippen molar-refractivity contribution < 1.29 is 0 Å². The second-order valence-corrected chi connectivity index (χ2v) is 10.2. The molecule has 3 aromatic carbocycles. The summed E-state index contributed by atoms with van der Waals surface area (Å²) in [6.07, 6.45) is 18.8. The van der Waals surface area contributed by atoms with E-state index in [1.807, 2.05) is 0 Å². The first kappa shape index (κ1) is 22.4. The largest absolute Gasteiger partial charge is 0.355 e. The number of nitrogens with one attached hydrogen (secondary N) is 1. The van der Waals surface area contributed by atoms with E-state index in [4.69, 9.17) is 0 Å². The maximum Gasteiger partial charge on any atom is 0.0502 e. The number of allylic oxidation sites excluding steroid dienone is 9. The van der Waals surface area contributed by atoms with Gasteiger partial charge < -0.3 is 10.2 Å². The van der Waals surface area contributed by atoms with Crippen molar-refractivity contribution >= 4 is 28.3 Å². The highest BCUT2D eigenvalue weighted by molar-refractivity contribution is 5.86. The van der Waals surface area contributed by atoms with E-state index in [1.54, 1.807) is 0 Å². The monoisotopic (exact) mass is 468 g/mol. The Balaban J connectivity index is 1.41. The van der Waals surface area contributed by atoms with Crippen LogP contribution in [-0.2, 0) is 5.41 Å². The fraction of sp³-hybridized carbons (Fsp3) is 0.176. The van der Waals surface area contributed by atoms with Crippen molar-refractivity contribution in [3.05, 3.63) is 138 Å². The minimum atomic E-state index is 0.0242. The van der Waals surface area contributed by atoms with Gasteiger partial charge in [0.25, 0.3) is 0 Å². The Bertz CT molecular complexity index is 1460. The number of para-hydroxylation sites is 2. The van der Waals surface area contributed by atoms with Crippen molar-refractivity contribution in [1.29, 1.82) is 0 Å². The average Bonchev–Trinajstić information content (AvgIpc) is 3.19. The van der Waals surface area contributed by atoms with E-state index in [9.17, 15) is 0 Å². The van der Waals surface area contributed by atoms with E-state index in [2.05, 4.69) is 139 Å². The number of rotatable bonds is 4. The summed E-state index contributed by atoms with van der Waals surface area (Å²) in [5, 5.41) is 3.72. The lowest BCUT2D eigenvalue weighted by Crippen LogP contribution is -2.34. The van der Waals surface area contributed by atoms with Gasteiger partial charge >= 0.3 is 0 Å². The lowest BCUT2D eigenvalue weighted by Gasteiger charge is -2.44. The van der Waals surface area contributed by atoms with Crippen LogP contribution < -0.4 is 10.2 Å². The van der Waals surface area contributed by atoms with Gasteiger partial charge in [0.2, 0.25) is 0 Å². The van der Waals surface area contributed by atoms with Crippen LogP contribution in [0.5, 0.6) is 0 Å². The molecule has 0 amide bonds. The van der Waals surface area contributed by atoms with Gasteiger partial charge in [-0.25, -0.2) is 0 Å². The normalized spacial score (nSPS) is 17.8. The molecule has 0 radical (unpaired) electrons. The first-order chi connectivity index (χ1) is 17.6. The van der Waals surface area contributed by atoms with E-state index >= 15 is 0 Å². The third-order valence-corrected chi connectivity index (χ3v) is 7.56. The second-order valence-electron chi connectivity index (χ2n) is 10.2. The standard InChI is InChI=1S/C34H32N2/c1-34(2)29-19-8-11-22-32(29)36(33-23-12-9-20-30(33)34)27-17-13-16-26(24-27)35-31-21-10-7-18-28(31)25-14-5-3-4-6-15-25/h3,5-8,10-19,21-24,35H,4,9,20H2,1-2H3. The van der Waals surface area contributed by atoms with Gasteiger partial charge in [0.15, 0.2) is 0 Å². The smallest absolute Gasteiger partial charge is 0.0502 e. The van der Waals surface area contributed by atoms with Crippen molar-refractivity contribution in [3.63, 3.8) is 0 Å². The first-order valence-corrected chi connectivity index (χ1v) is 12.9. The van der Waals surface area contributed by atoms with Crippen molar-refractivity contribution in [3.8, 4) is 0 Å². The summed E-state index contributed by atoms with van der Waals surface area (Å²) in [5.41, 5.74) is 11.3. The molecule has 1 N–H and O–H groups in total.